The van der Waals surface area contributed by atoms with Crippen LogP contribution in [0, 0.1) is 0 Å². The van der Waals surface area contributed by atoms with Gasteiger partial charge in [0.25, 0.3) is 5.91 Å². The lowest BCUT2D eigenvalue weighted by Crippen LogP contribution is -2.15. The topological polar surface area (TPSA) is 55.4 Å². The lowest BCUT2D eigenvalue weighted by atomic mass is 10.0. The summed E-state index contributed by atoms with van der Waals surface area (Å²) in [7, 11) is 0. The summed E-state index contributed by atoms with van der Waals surface area (Å²) in [6.07, 6.45) is 0.738. The van der Waals surface area contributed by atoms with Gasteiger partial charge in [-0.15, -0.1) is 11.3 Å². The molecule has 0 atom stereocenters. The van der Waals surface area contributed by atoms with Crippen molar-refractivity contribution in [3.63, 3.8) is 0 Å². The third-order valence-corrected chi connectivity index (χ3v) is 4.68. The average Bonchev–Trinajstić information content (AvgIpc) is 3.11. The highest BCUT2D eigenvalue weighted by atomic mass is 32.1. The maximum atomic E-state index is 12.6. The van der Waals surface area contributed by atoms with E-state index in [0.29, 0.717) is 22.7 Å². The van der Waals surface area contributed by atoms with Crippen LogP contribution in [-0.2, 0) is 4.74 Å². The first-order valence-electron chi connectivity index (χ1n) is 8.41. The van der Waals surface area contributed by atoms with Crippen molar-refractivity contribution in [1.29, 1.82) is 0 Å². The zero-order valence-corrected chi connectivity index (χ0v) is 15.2. The number of carbonyl (C=O) groups is 2. The summed E-state index contributed by atoms with van der Waals surface area (Å²) in [5.41, 5.74) is 2.61. The van der Waals surface area contributed by atoms with Crippen molar-refractivity contribution in [3.8, 4) is 11.1 Å². The highest BCUT2D eigenvalue weighted by molar-refractivity contribution is 7.15. The van der Waals surface area contributed by atoms with Gasteiger partial charge in [0, 0.05) is 16.5 Å². The number of rotatable bonds is 6. The summed E-state index contributed by atoms with van der Waals surface area (Å²) in [6.45, 7) is 2.28. The Bertz CT molecular complexity index is 888. The summed E-state index contributed by atoms with van der Waals surface area (Å²) >= 11 is 1.32. The molecule has 0 aliphatic heterocycles. The molecule has 132 valence electrons. The second-order valence-corrected chi connectivity index (χ2v) is 6.56. The largest absolute Gasteiger partial charge is 0.462 e. The van der Waals surface area contributed by atoms with Crippen LogP contribution in [0.1, 0.15) is 34.1 Å². The second-order valence-electron chi connectivity index (χ2n) is 5.68. The molecule has 1 N–H and O–H groups in total. The lowest BCUT2D eigenvalue weighted by molar-refractivity contribution is 0.0508. The molecule has 2 aromatic carbocycles. The average molecular weight is 365 g/mol. The van der Waals surface area contributed by atoms with Crippen LogP contribution in [0.15, 0.2) is 66.0 Å². The van der Waals surface area contributed by atoms with Crippen LogP contribution in [0.25, 0.3) is 11.1 Å². The van der Waals surface area contributed by atoms with E-state index in [4.69, 9.17) is 4.74 Å². The quantitative estimate of drug-likeness (QED) is 0.608. The molecule has 5 heteroatoms. The molecule has 0 unspecified atom stereocenters. The lowest BCUT2D eigenvalue weighted by Gasteiger charge is -2.09. The third-order valence-electron chi connectivity index (χ3n) is 3.78. The van der Waals surface area contributed by atoms with E-state index in [0.717, 1.165) is 17.5 Å². The number of carbonyl (C=O) groups excluding carboxylic acids is 2. The van der Waals surface area contributed by atoms with Crippen molar-refractivity contribution >= 4 is 28.2 Å². The Hall–Kier alpha value is -2.92. The van der Waals surface area contributed by atoms with Gasteiger partial charge in [0.2, 0.25) is 0 Å². The summed E-state index contributed by atoms with van der Waals surface area (Å²) in [5, 5.41) is 5.23. The molecule has 1 amide bonds. The van der Waals surface area contributed by atoms with Gasteiger partial charge < -0.3 is 10.1 Å². The van der Waals surface area contributed by atoms with Gasteiger partial charge >= 0.3 is 5.97 Å². The number of ether oxygens (including phenoxy) is 1. The number of amides is 1. The zero-order chi connectivity index (χ0) is 18.4. The third kappa shape index (κ3) is 4.00. The van der Waals surface area contributed by atoms with E-state index in [1.54, 1.807) is 24.3 Å². The number of hydrogen-bond donors (Lipinski definition) is 1. The van der Waals surface area contributed by atoms with E-state index in [1.807, 2.05) is 48.7 Å². The van der Waals surface area contributed by atoms with Gasteiger partial charge in [-0.05, 0) is 24.1 Å². The SMILES string of the molecule is CCCOC(=O)c1c(-c2ccccc2)csc1NC(=O)c1ccccc1. The number of nitrogens with one attached hydrogen (secondary N) is 1. The predicted octanol–water partition coefficient (Wildman–Crippen LogP) is 5.23. The van der Waals surface area contributed by atoms with Crippen LogP contribution >= 0.6 is 11.3 Å². The second kappa shape index (κ2) is 8.45. The number of benzene rings is 2. The molecule has 0 spiro atoms. The smallest absolute Gasteiger partial charge is 0.341 e. The molecule has 0 aliphatic rings. The molecule has 0 fully saturated rings. The van der Waals surface area contributed by atoms with Crippen molar-refractivity contribution in [2.24, 2.45) is 0 Å². The first-order valence-corrected chi connectivity index (χ1v) is 9.29. The fourth-order valence-corrected chi connectivity index (χ4v) is 3.47. The molecule has 26 heavy (non-hydrogen) atoms. The molecule has 1 aromatic heterocycles. The van der Waals surface area contributed by atoms with Gasteiger partial charge in [-0.3, -0.25) is 4.79 Å². The highest BCUT2D eigenvalue weighted by Gasteiger charge is 2.23. The first-order chi connectivity index (χ1) is 12.7. The Morgan fingerprint density at radius 1 is 1.00 bits per heavy atom. The Morgan fingerprint density at radius 2 is 1.65 bits per heavy atom. The number of esters is 1. The number of thiophene rings is 1. The van der Waals surface area contributed by atoms with Gasteiger partial charge in [-0.2, -0.15) is 0 Å². The van der Waals surface area contributed by atoms with Gasteiger partial charge in [0.1, 0.15) is 10.6 Å². The van der Waals surface area contributed by atoms with Gasteiger partial charge in [-0.1, -0.05) is 55.5 Å². The molecule has 4 nitrogen and oxygen atoms in total. The standard InChI is InChI=1S/C21H19NO3S/c1-2-13-25-21(24)18-17(15-9-5-3-6-10-15)14-26-20(18)22-19(23)16-11-7-4-8-12-16/h3-12,14H,2,13H2,1H3,(H,22,23). The Kier molecular flexibility index (Phi) is 5.81. The van der Waals surface area contributed by atoms with Crippen LogP contribution < -0.4 is 5.32 Å². The minimum Gasteiger partial charge on any atom is -0.462 e. The maximum absolute atomic E-state index is 12.6. The molecular formula is C21H19NO3S. The van der Waals surface area contributed by atoms with Crippen molar-refractivity contribution in [1.82, 2.24) is 0 Å². The fourth-order valence-electron chi connectivity index (χ4n) is 2.51. The monoisotopic (exact) mass is 365 g/mol. The first kappa shape index (κ1) is 17.9. The van der Waals surface area contributed by atoms with Crippen molar-refractivity contribution in [2.75, 3.05) is 11.9 Å². The van der Waals surface area contributed by atoms with E-state index in [1.165, 1.54) is 11.3 Å². The maximum Gasteiger partial charge on any atom is 0.341 e. The summed E-state index contributed by atoms with van der Waals surface area (Å²) in [4.78, 5) is 25.1. The Morgan fingerprint density at radius 3 is 2.31 bits per heavy atom. The molecule has 3 rings (SSSR count). The molecule has 3 aromatic rings. The highest BCUT2D eigenvalue weighted by Crippen LogP contribution is 2.36. The van der Waals surface area contributed by atoms with Gasteiger partial charge in [0.15, 0.2) is 0 Å². The van der Waals surface area contributed by atoms with Crippen molar-refractivity contribution in [3.05, 3.63) is 77.2 Å². The normalized spacial score (nSPS) is 10.3. The fraction of sp³-hybridized carbons (Fsp3) is 0.143. The van der Waals surface area contributed by atoms with Crippen molar-refractivity contribution < 1.29 is 14.3 Å². The molecule has 0 bridgehead atoms. The van der Waals surface area contributed by atoms with Crippen molar-refractivity contribution in [2.45, 2.75) is 13.3 Å². The minimum absolute atomic E-state index is 0.253. The van der Waals surface area contributed by atoms with E-state index in [2.05, 4.69) is 5.32 Å². The van der Waals surface area contributed by atoms with Gasteiger partial charge in [-0.25, -0.2) is 4.79 Å². The predicted molar refractivity (Wildman–Crippen MR) is 105 cm³/mol. The Balaban J connectivity index is 1.95. The minimum atomic E-state index is -0.421. The summed E-state index contributed by atoms with van der Waals surface area (Å²) in [6, 6.07) is 18.5. The zero-order valence-electron chi connectivity index (χ0n) is 14.4. The summed E-state index contributed by atoms with van der Waals surface area (Å²) in [5.74, 6) is -0.674. The van der Waals surface area contributed by atoms with Crippen LogP contribution in [0.3, 0.4) is 0 Å². The van der Waals surface area contributed by atoms with Crippen LogP contribution in [0.2, 0.25) is 0 Å². The Labute approximate surface area is 156 Å². The van der Waals surface area contributed by atoms with E-state index < -0.39 is 5.97 Å². The molecular weight excluding hydrogens is 346 g/mol. The molecule has 0 saturated carbocycles. The van der Waals surface area contributed by atoms with Crippen LogP contribution in [0.5, 0.6) is 0 Å². The molecule has 0 aliphatic carbocycles. The van der Waals surface area contributed by atoms with E-state index in [-0.39, 0.29) is 5.91 Å². The van der Waals surface area contributed by atoms with Crippen LogP contribution in [-0.4, -0.2) is 18.5 Å². The summed E-state index contributed by atoms with van der Waals surface area (Å²) < 4.78 is 5.34. The number of hydrogen-bond acceptors (Lipinski definition) is 4. The van der Waals surface area contributed by atoms with E-state index >= 15 is 0 Å². The van der Waals surface area contributed by atoms with Crippen LogP contribution in [0.4, 0.5) is 5.00 Å². The van der Waals surface area contributed by atoms with Gasteiger partial charge in [0.05, 0.1) is 6.61 Å². The molecule has 0 radical (unpaired) electrons. The van der Waals surface area contributed by atoms with E-state index in [9.17, 15) is 9.59 Å². The molecule has 0 saturated heterocycles. The molecule has 1 heterocycles. The number of anilines is 1.